The van der Waals surface area contributed by atoms with Gasteiger partial charge in [0.2, 0.25) is 5.82 Å². The summed E-state index contributed by atoms with van der Waals surface area (Å²) in [5.74, 6) is -0.232. The van der Waals surface area contributed by atoms with E-state index in [4.69, 9.17) is 11.6 Å². The van der Waals surface area contributed by atoms with Gasteiger partial charge in [0.05, 0.1) is 16.3 Å². The molecule has 0 aliphatic carbocycles. The number of hydrogen-bond acceptors (Lipinski definition) is 4. The van der Waals surface area contributed by atoms with Gasteiger partial charge >= 0.3 is 0 Å². The number of anilines is 1. The van der Waals surface area contributed by atoms with Crippen LogP contribution in [0.3, 0.4) is 0 Å². The fourth-order valence-corrected chi connectivity index (χ4v) is 2.78. The Balaban J connectivity index is 2.22. The number of halogens is 2. The van der Waals surface area contributed by atoms with Crippen molar-refractivity contribution < 1.29 is 4.39 Å². The first-order valence-corrected chi connectivity index (χ1v) is 6.59. The van der Waals surface area contributed by atoms with Crippen molar-refractivity contribution in [1.29, 1.82) is 0 Å². The molecule has 0 fully saturated rings. The standard InChI is InChI=1S/C12H13ClFN5/c1-2-4-19-5-3-7-6-8(13)10(14)9(11(7)19)12-15-17-18-16-12/h6H,2-5H2,1H3,(H,15,16,17,18). The zero-order chi connectivity index (χ0) is 13.4. The lowest BCUT2D eigenvalue weighted by Crippen LogP contribution is -2.22. The molecule has 1 aromatic heterocycles. The van der Waals surface area contributed by atoms with Crippen LogP contribution in [0.1, 0.15) is 18.9 Å². The van der Waals surface area contributed by atoms with Crippen LogP contribution in [0.25, 0.3) is 11.4 Å². The largest absolute Gasteiger partial charge is 0.370 e. The van der Waals surface area contributed by atoms with Crippen LogP contribution < -0.4 is 4.90 Å². The van der Waals surface area contributed by atoms with E-state index >= 15 is 0 Å². The predicted octanol–water partition coefficient (Wildman–Crippen LogP) is 2.43. The lowest BCUT2D eigenvalue weighted by molar-refractivity contribution is 0.629. The summed E-state index contributed by atoms with van der Waals surface area (Å²) in [4.78, 5) is 2.15. The normalized spacial score (nSPS) is 13.9. The van der Waals surface area contributed by atoms with Gasteiger partial charge in [0.25, 0.3) is 0 Å². The van der Waals surface area contributed by atoms with Gasteiger partial charge in [-0.2, -0.15) is 5.21 Å². The van der Waals surface area contributed by atoms with E-state index in [2.05, 4.69) is 32.4 Å². The van der Waals surface area contributed by atoms with Crippen molar-refractivity contribution in [2.75, 3.05) is 18.0 Å². The highest BCUT2D eigenvalue weighted by Gasteiger charge is 2.28. The first-order valence-electron chi connectivity index (χ1n) is 6.22. The minimum absolute atomic E-state index is 0.108. The van der Waals surface area contributed by atoms with E-state index in [-0.39, 0.29) is 10.8 Å². The minimum atomic E-state index is -0.482. The number of nitrogens with one attached hydrogen (secondary N) is 1. The summed E-state index contributed by atoms with van der Waals surface area (Å²) in [7, 11) is 0. The molecule has 2 aromatic rings. The molecule has 0 unspecified atom stereocenters. The molecular formula is C12H13ClFN5. The Hall–Kier alpha value is -1.69. The molecule has 0 atom stereocenters. The second-order valence-electron chi connectivity index (χ2n) is 4.53. The zero-order valence-electron chi connectivity index (χ0n) is 10.5. The van der Waals surface area contributed by atoms with Crippen LogP contribution in [0.2, 0.25) is 5.02 Å². The molecule has 3 rings (SSSR count). The fourth-order valence-electron chi connectivity index (χ4n) is 2.55. The Bertz CT molecular complexity index is 599. The maximum atomic E-state index is 14.4. The highest BCUT2D eigenvalue weighted by molar-refractivity contribution is 6.31. The molecule has 1 aromatic carbocycles. The maximum Gasteiger partial charge on any atom is 0.209 e. The van der Waals surface area contributed by atoms with Crippen molar-refractivity contribution >= 4 is 17.3 Å². The molecular weight excluding hydrogens is 269 g/mol. The van der Waals surface area contributed by atoms with E-state index in [9.17, 15) is 4.39 Å². The third-order valence-electron chi connectivity index (χ3n) is 3.30. The fraction of sp³-hybridized carbons (Fsp3) is 0.417. The molecule has 5 nitrogen and oxygen atoms in total. The Morgan fingerprint density at radius 2 is 2.37 bits per heavy atom. The van der Waals surface area contributed by atoms with Gasteiger partial charge < -0.3 is 4.90 Å². The molecule has 0 amide bonds. The minimum Gasteiger partial charge on any atom is -0.370 e. The first kappa shape index (κ1) is 12.3. The number of nitrogens with zero attached hydrogens (tertiary/aromatic N) is 4. The van der Waals surface area contributed by atoms with Gasteiger partial charge in [-0.25, -0.2) is 4.39 Å². The van der Waals surface area contributed by atoms with Crippen molar-refractivity contribution in [3.63, 3.8) is 0 Å². The number of aromatic amines is 1. The second kappa shape index (κ2) is 4.77. The van der Waals surface area contributed by atoms with Crippen molar-refractivity contribution in [2.45, 2.75) is 19.8 Å². The predicted molar refractivity (Wildman–Crippen MR) is 70.8 cm³/mol. The van der Waals surface area contributed by atoms with E-state index in [1.54, 1.807) is 6.07 Å². The summed E-state index contributed by atoms with van der Waals surface area (Å²) in [6.07, 6.45) is 1.86. The van der Waals surface area contributed by atoms with Crippen LogP contribution in [-0.2, 0) is 6.42 Å². The Morgan fingerprint density at radius 3 is 3.05 bits per heavy atom. The average Bonchev–Trinajstić information content (AvgIpc) is 3.02. The monoisotopic (exact) mass is 281 g/mol. The summed E-state index contributed by atoms with van der Waals surface area (Å²) in [5, 5.41) is 13.7. The lowest BCUT2D eigenvalue weighted by Gasteiger charge is -2.21. The number of fused-ring (bicyclic) bond motifs is 1. The van der Waals surface area contributed by atoms with Gasteiger partial charge in [-0.1, -0.05) is 18.5 Å². The molecule has 19 heavy (non-hydrogen) atoms. The molecule has 0 radical (unpaired) electrons. The molecule has 0 spiro atoms. The summed E-state index contributed by atoms with van der Waals surface area (Å²) in [6, 6.07) is 1.70. The molecule has 100 valence electrons. The average molecular weight is 282 g/mol. The van der Waals surface area contributed by atoms with E-state index in [1.165, 1.54) is 0 Å². The van der Waals surface area contributed by atoms with Gasteiger partial charge in [-0.3, -0.25) is 0 Å². The molecule has 1 aliphatic heterocycles. The SMILES string of the molecule is CCCN1CCc2cc(Cl)c(F)c(-c3nn[nH]n3)c21. The molecule has 0 bridgehead atoms. The quantitative estimate of drug-likeness (QED) is 0.939. The highest BCUT2D eigenvalue weighted by atomic mass is 35.5. The molecule has 0 saturated heterocycles. The number of benzene rings is 1. The van der Waals surface area contributed by atoms with Crippen LogP contribution in [0.5, 0.6) is 0 Å². The third-order valence-corrected chi connectivity index (χ3v) is 3.58. The number of aromatic nitrogens is 4. The maximum absolute atomic E-state index is 14.4. The summed E-state index contributed by atoms with van der Waals surface area (Å²) in [5.41, 5.74) is 2.24. The molecule has 0 saturated carbocycles. The van der Waals surface area contributed by atoms with Crippen molar-refractivity contribution in [1.82, 2.24) is 20.6 Å². The Kier molecular flexibility index (Phi) is 3.10. The zero-order valence-corrected chi connectivity index (χ0v) is 11.2. The van der Waals surface area contributed by atoms with Crippen LogP contribution in [0.4, 0.5) is 10.1 Å². The van der Waals surface area contributed by atoms with E-state index < -0.39 is 5.82 Å². The molecule has 2 heterocycles. The summed E-state index contributed by atoms with van der Waals surface area (Å²) in [6.45, 7) is 3.84. The van der Waals surface area contributed by atoms with Crippen LogP contribution in [0.15, 0.2) is 6.07 Å². The van der Waals surface area contributed by atoms with Gasteiger partial charge in [0.1, 0.15) is 0 Å². The van der Waals surface area contributed by atoms with Gasteiger partial charge in [-0.15, -0.1) is 10.2 Å². The third kappa shape index (κ3) is 1.96. The van der Waals surface area contributed by atoms with Gasteiger partial charge in [0.15, 0.2) is 5.82 Å². The number of tetrazole rings is 1. The molecule has 1 N–H and O–H groups in total. The first-order chi connectivity index (χ1) is 9.22. The number of H-pyrrole nitrogens is 1. The Morgan fingerprint density at radius 1 is 1.53 bits per heavy atom. The smallest absolute Gasteiger partial charge is 0.209 e. The number of rotatable bonds is 3. The molecule has 7 heteroatoms. The Labute approximate surface area is 114 Å². The molecule has 1 aliphatic rings. The van der Waals surface area contributed by atoms with Crippen LogP contribution >= 0.6 is 11.6 Å². The highest BCUT2D eigenvalue weighted by Crippen LogP contribution is 2.41. The van der Waals surface area contributed by atoms with Crippen molar-refractivity contribution in [2.24, 2.45) is 0 Å². The van der Waals surface area contributed by atoms with Gasteiger partial charge in [0, 0.05) is 13.1 Å². The van der Waals surface area contributed by atoms with Crippen LogP contribution in [-0.4, -0.2) is 33.7 Å². The van der Waals surface area contributed by atoms with Crippen molar-refractivity contribution in [3.8, 4) is 11.4 Å². The summed E-state index contributed by atoms with van der Waals surface area (Å²) >= 11 is 5.96. The van der Waals surface area contributed by atoms with Crippen molar-refractivity contribution in [3.05, 3.63) is 22.5 Å². The van der Waals surface area contributed by atoms with Crippen LogP contribution in [0, 0.1) is 5.82 Å². The second-order valence-corrected chi connectivity index (χ2v) is 4.93. The van der Waals surface area contributed by atoms with E-state index in [1.807, 2.05) is 0 Å². The van der Waals surface area contributed by atoms with E-state index in [0.29, 0.717) is 5.56 Å². The lowest BCUT2D eigenvalue weighted by atomic mass is 10.1. The topological polar surface area (TPSA) is 57.7 Å². The van der Waals surface area contributed by atoms with Gasteiger partial charge in [-0.05, 0) is 29.7 Å². The number of hydrogen-bond donors (Lipinski definition) is 1. The van der Waals surface area contributed by atoms with E-state index in [0.717, 1.165) is 37.2 Å². The summed E-state index contributed by atoms with van der Waals surface area (Å²) < 4.78 is 14.4.